The SMILES string of the molecule is Cc1ccccc1[C@H](C)CC(=O)N1CCC[C@H](N2CCNCC2=O)C1. The van der Waals surface area contributed by atoms with Gasteiger partial charge in [0.15, 0.2) is 0 Å². The number of carbonyl (C=O) groups excluding carboxylic acids is 2. The highest BCUT2D eigenvalue weighted by Crippen LogP contribution is 2.25. The molecule has 1 N–H and O–H groups in total. The molecule has 2 aliphatic rings. The molecule has 0 aliphatic carbocycles. The van der Waals surface area contributed by atoms with Crippen molar-refractivity contribution in [2.24, 2.45) is 0 Å². The van der Waals surface area contributed by atoms with Crippen molar-refractivity contribution in [3.63, 3.8) is 0 Å². The van der Waals surface area contributed by atoms with Gasteiger partial charge >= 0.3 is 0 Å². The maximum atomic E-state index is 12.8. The monoisotopic (exact) mass is 343 g/mol. The van der Waals surface area contributed by atoms with E-state index in [9.17, 15) is 9.59 Å². The zero-order valence-corrected chi connectivity index (χ0v) is 15.3. The van der Waals surface area contributed by atoms with Gasteiger partial charge in [0, 0.05) is 38.6 Å². The van der Waals surface area contributed by atoms with Gasteiger partial charge in [0.1, 0.15) is 0 Å². The summed E-state index contributed by atoms with van der Waals surface area (Å²) in [5, 5.41) is 3.12. The Bertz CT molecular complexity index is 631. The summed E-state index contributed by atoms with van der Waals surface area (Å²) in [5.41, 5.74) is 2.49. The number of piperazine rings is 1. The van der Waals surface area contributed by atoms with Gasteiger partial charge in [-0.25, -0.2) is 0 Å². The molecule has 0 saturated carbocycles. The Labute approximate surface area is 150 Å². The highest BCUT2D eigenvalue weighted by Gasteiger charge is 2.31. The normalized spacial score (nSPS) is 22.8. The minimum Gasteiger partial charge on any atom is -0.341 e. The fraction of sp³-hybridized carbons (Fsp3) is 0.600. The first-order valence-electron chi connectivity index (χ1n) is 9.39. The molecule has 1 aromatic carbocycles. The van der Waals surface area contributed by atoms with E-state index in [0.29, 0.717) is 19.5 Å². The van der Waals surface area contributed by atoms with Crippen LogP contribution in [0.2, 0.25) is 0 Å². The average molecular weight is 343 g/mol. The number of aryl methyl sites for hydroxylation is 1. The maximum absolute atomic E-state index is 12.8. The molecule has 2 atom stereocenters. The number of carbonyl (C=O) groups is 2. The largest absolute Gasteiger partial charge is 0.341 e. The molecule has 0 radical (unpaired) electrons. The molecule has 5 heteroatoms. The molecule has 2 fully saturated rings. The van der Waals surface area contributed by atoms with Crippen LogP contribution in [0.15, 0.2) is 24.3 Å². The first kappa shape index (κ1) is 17.9. The first-order valence-corrected chi connectivity index (χ1v) is 9.39. The molecule has 0 spiro atoms. The Balaban J connectivity index is 1.60. The summed E-state index contributed by atoms with van der Waals surface area (Å²) in [6, 6.07) is 8.47. The van der Waals surface area contributed by atoms with Gasteiger partial charge in [-0.1, -0.05) is 31.2 Å². The van der Waals surface area contributed by atoms with Crippen molar-refractivity contribution in [3.8, 4) is 0 Å². The molecule has 2 amide bonds. The molecule has 0 unspecified atom stereocenters. The topological polar surface area (TPSA) is 52.7 Å². The highest BCUT2D eigenvalue weighted by molar-refractivity contribution is 5.80. The summed E-state index contributed by atoms with van der Waals surface area (Å²) >= 11 is 0. The van der Waals surface area contributed by atoms with Crippen LogP contribution in [0.4, 0.5) is 0 Å². The van der Waals surface area contributed by atoms with Crippen LogP contribution >= 0.6 is 0 Å². The molecule has 25 heavy (non-hydrogen) atoms. The van der Waals surface area contributed by atoms with Crippen molar-refractivity contribution >= 4 is 11.8 Å². The Morgan fingerprint density at radius 3 is 2.88 bits per heavy atom. The maximum Gasteiger partial charge on any atom is 0.236 e. The van der Waals surface area contributed by atoms with Gasteiger partial charge in [0.05, 0.1) is 6.54 Å². The standard InChI is InChI=1S/C20H29N3O2/c1-15-6-3-4-8-18(15)16(2)12-19(24)22-10-5-7-17(14-22)23-11-9-21-13-20(23)25/h3-4,6,8,16-17,21H,5,7,9-14H2,1-2H3/t16-,17+/m1/s1. The van der Waals surface area contributed by atoms with Gasteiger partial charge in [0.25, 0.3) is 0 Å². The van der Waals surface area contributed by atoms with Gasteiger partial charge in [-0.05, 0) is 36.8 Å². The Morgan fingerprint density at radius 2 is 2.12 bits per heavy atom. The molecule has 0 aromatic heterocycles. The number of likely N-dealkylation sites (tertiary alicyclic amines) is 1. The molecule has 2 saturated heterocycles. The summed E-state index contributed by atoms with van der Waals surface area (Å²) in [5.74, 6) is 0.594. The van der Waals surface area contributed by atoms with Crippen LogP contribution in [0.25, 0.3) is 0 Å². The Morgan fingerprint density at radius 1 is 1.32 bits per heavy atom. The van der Waals surface area contributed by atoms with Crippen molar-refractivity contribution in [2.45, 2.75) is 45.1 Å². The third-order valence-corrected chi connectivity index (χ3v) is 5.52. The molecule has 1 aromatic rings. The number of amides is 2. The molecule has 3 rings (SSSR count). The number of rotatable bonds is 4. The summed E-state index contributed by atoms with van der Waals surface area (Å²) < 4.78 is 0. The van der Waals surface area contributed by atoms with E-state index in [1.54, 1.807) is 0 Å². The van der Waals surface area contributed by atoms with Gasteiger partial charge in [-0.3, -0.25) is 9.59 Å². The lowest BCUT2D eigenvalue weighted by atomic mass is 9.92. The van der Waals surface area contributed by atoms with Crippen molar-refractivity contribution < 1.29 is 9.59 Å². The van der Waals surface area contributed by atoms with E-state index in [1.165, 1.54) is 11.1 Å². The fourth-order valence-corrected chi connectivity index (χ4v) is 4.08. The number of piperidine rings is 1. The van der Waals surface area contributed by atoms with Crippen LogP contribution in [-0.4, -0.2) is 60.4 Å². The Kier molecular flexibility index (Phi) is 5.74. The molecule has 2 aliphatic heterocycles. The second-order valence-corrected chi connectivity index (χ2v) is 7.36. The lowest BCUT2D eigenvalue weighted by molar-refractivity contribution is -0.140. The number of hydrogen-bond acceptors (Lipinski definition) is 3. The average Bonchev–Trinajstić information content (AvgIpc) is 2.62. The van der Waals surface area contributed by atoms with Crippen LogP contribution in [0, 0.1) is 6.92 Å². The van der Waals surface area contributed by atoms with Gasteiger partial charge in [-0.15, -0.1) is 0 Å². The van der Waals surface area contributed by atoms with Gasteiger partial charge < -0.3 is 15.1 Å². The molecular formula is C20H29N3O2. The summed E-state index contributed by atoms with van der Waals surface area (Å²) in [6.07, 6.45) is 2.52. The first-order chi connectivity index (χ1) is 12.1. The van der Waals surface area contributed by atoms with Crippen LogP contribution in [0.5, 0.6) is 0 Å². The number of nitrogens with one attached hydrogen (secondary N) is 1. The van der Waals surface area contributed by atoms with Crippen LogP contribution in [0.3, 0.4) is 0 Å². The quantitative estimate of drug-likeness (QED) is 0.909. The van der Waals surface area contributed by atoms with Crippen LogP contribution < -0.4 is 5.32 Å². The van der Waals surface area contributed by atoms with E-state index in [-0.39, 0.29) is 23.8 Å². The second kappa shape index (κ2) is 8.00. The number of hydrogen-bond donors (Lipinski definition) is 1. The van der Waals surface area contributed by atoms with E-state index in [4.69, 9.17) is 0 Å². The molecule has 136 valence electrons. The van der Waals surface area contributed by atoms with E-state index in [0.717, 1.165) is 32.5 Å². The minimum absolute atomic E-state index is 0.166. The third-order valence-electron chi connectivity index (χ3n) is 5.52. The molecular weight excluding hydrogens is 314 g/mol. The van der Waals surface area contributed by atoms with Crippen LogP contribution in [-0.2, 0) is 9.59 Å². The Hall–Kier alpha value is -1.88. The number of benzene rings is 1. The second-order valence-electron chi connectivity index (χ2n) is 7.36. The predicted molar refractivity (Wildman–Crippen MR) is 98.4 cm³/mol. The minimum atomic E-state index is 0.166. The lowest BCUT2D eigenvalue weighted by Crippen LogP contribution is -2.57. The zero-order chi connectivity index (χ0) is 17.8. The summed E-state index contributed by atoms with van der Waals surface area (Å²) in [6.45, 7) is 7.76. The number of nitrogens with zero attached hydrogens (tertiary/aromatic N) is 2. The van der Waals surface area contributed by atoms with E-state index < -0.39 is 0 Å². The van der Waals surface area contributed by atoms with Crippen molar-refractivity contribution in [3.05, 3.63) is 35.4 Å². The van der Waals surface area contributed by atoms with Crippen molar-refractivity contribution in [1.29, 1.82) is 0 Å². The zero-order valence-electron chi connectivity index (χ0n) is 15.3. The molecule has 2 heterocycles. The third kappa shape index (κ3) is 4.21. The van der Waals surface area contributed by atoms with E-state index in [1.807, 2.05) is 21.9 Å². The van der Waals surface area contributed by atoms with Crippen LogP contribution in [0.1, 0.15) is 43.2 Å². The van der Waals surface area contributed by atoms with Gasteiger partial charge in [0.2, 0.25) is 11.8 Å². The summed E-state index contributed by atoms with van der Waals surface area (Å²) in [4.78, 5) is 28.9. The van der Waals surface area contributed by atoms with Gasteiger partial charge in [-0.2, -0.15) is 0 Å². The predicted octanol–water partition coefficient (Wildman–Crippen LogP) is 1.91. The fourth-order valence-electron chi connectivity index (χ4n) is 4.08. The van der Waals surface area contributed by atoms with Crippen molar-refractivity contribution in [2.75, 3.05) is 32.7 Å². The molecule has 0 bridgehead atoms. The lowest BCUT2D eigenvalue weighted by Gasteiger charge is -2.41. The summed E-state index contributed by atoms with van der Waals surface area (Å²) in [7, 11) is 0. The smallest absolute Gasteiger partial charge is 0.236 e. The highest BCUT2D eigenvalue weighted by atomic mass is 16.2. The van der Waals surface area contributed by atoms with Crippen molar-refractivity contribution in [1.82, 2.24) is 15.1 Å². The van der Waals surface area contributed by atoms with E-state index >= 15 is 0 Å². The van der Waals surface area contributed by atoms with E-state index in [2.05, 4.69) is 31.3 Å². The molecule has 5 nitrogen and oxygen atoms in total.